The molecule has 0 radical (unpaired) electrons. The van der Waals surface area contributed by atoms with Gasteiger partial charge in [-0.1, -0.05) is 27.7 Å². The molecule has 0 spiro atoms. The second-order valence-electron chi connectivity index (χ2n) is 6.82. The van der Waals surface area contributed by atoms with Crippen LogP contribution in [0.4, 0.5) is 0 Å². The van der Waals surface area contributed by atoms with Gasteiger partial charge >= 0.3 is 0 Å². The molecule has 1 aliphatic carbocycles. The average molecular weight is 240 g/mol. The van der Waals surface area contributed by atoms with Crippen molar-refractivity contribution in [2.45, 2.75) is 59.4 Å². The molecule has 17 heavy (non-hydrogen) atoms. The van der Waals surface area contributed by atoms with E-state index >= 15 is 0 Å². The molecule has 0 aliphatic heterocycles. The third-order valence-corrected chi connectivity index (χ3v) is 3.56. The summed E-state index contributed by atoms with van der Waals surface area (Å²) in [4.78, 5) is 12.1. The zero-order chi connectivity index (χ0) is 13.1. The quantitative estimate of drug-likeness (QED) is 0.792. The average Bonchev–Trinajstić information content (AvgIpc) is 2.59. The predicted molar refractivity (Wildman–Crippen MR) is 71.6 cm³/mol. The maximum absolute atomic E-state index is 12.1. The summed E-state index contributed by atoms with van der Waals surface area (Å²) in [5, 5.41) is 3.16. The Morgan fingerprint density at radius 2 is 2.06 bits per heavy atom. The highest BCUT2D eigenvalue weighted by atomic mass is 16.1. The van der Waals surface area contributed by atoms with E-state index in [1.165, 1.54) is 6.42 Å². The van der Waals surface area contributed by atoms with Crippen LogP contribution in [0.25, 0.3) is 0 Å². The number of hydrogen-bond acceptors (Lipinski definition) is 2. The highest BCUT2D eigenvalue weighted by molar-refractivity contribution is 5.79. The number of nitrogens with two attached hydrogens (primary N) is 1. The first-order valence-electron chi connectivity index (χ1n) is 6.82. The second kappa shape index (κ2) is 5.85. The van der Waals surface area contributed by atoms with Gasteiger partial charge in [-0.15, -0.1) is 0 Å². The fourth-order valence-corrected chi connectivity index (χ4v) is 2.68. The number of carbonyl (C=O) groups excluding carboxylic acids is 1. The predicted octanol–water partition coefficient (Wildman–Crippen LogP) is 2.30. The third-order valence-electron chi connectivity index (χ3n) is 3.56. The van der Waals surface area contributed by atoms with Gasteiger partial charge in [0, 0.05) is 12.6 Å². The van der Waals surface area contributed by atoms with Crippen molar-refractivity contribution >= 4 is 5.91 Å². The van der Waals surface area contributed by atoms with Crippen LogP contribution in [0.3, 0.4) is 0 Å². The first-order chi connectivity index (χ1) is 7.81. The fourth-order valence-electron chi connectivity index (χ4n) is 2.68. The van der Waals surface area contributed by atoms with Crippen LogP contribution in [0.15, 0.2) is 0 Å². The molecule has 0 aromatic rings. The summed E-state index contributed by atoms with van der Waals surface area (Å²) >= 11 is 0. The Morgan fingerprint density at radius 1 is 1.41 bits per heavy atom. The van der Waals surface area contributed by atoms with Crippen LogP contribution in [-0.4, -0.2) is 18.5 Å². The fraction of sp³-hybridized carbons (Fsp3) is 0.929. The molecular formula is C14H28N2O. The van der Waals surface area contributed by atoms with Crippen LogP contribution in [0.5, 0.6) is 0 Å². The Hall–Kier alpha value is -0.570. The summed E-state index contributed by atoms with van der Waals surface area (Å²) in [7, 11) is 0. The van der Waals surface area contributed by atoms with Crippen LogP contribution < -0.4 is 11.1 Å². The van der Waals surface area contributed by atoms with Crippen molar-refractivity contribution < 1.29 is 4.79 Å². The minimum absolute atomic E-state index is 0.0362. The molecule has 3 nitrogen and oxygen atoms in total. The van der Waals surface area contributed by atoms with Gasteiger partial charge in [-0.3, -0.25) is 4.79 Å². The molecule has 0 bridgehead atoms. The van der Waals surface area contributed by atoms with Gasteiger partial charge in [0.25, 0.3) is 0 Å². The minimum atomic E-state index is -0.0362. The van der Waals surface area contributed by atoms with E-state index in [0.717, 1.165) is 25.2 Å². The van der Waals surface area contributed by atoms with Crippen molar-refractivity contribution in [3.8, 4) is 0 Å². The monoisotopic (exact) mass is 240 g/mol. The first kappa shape index (κ1) is 14.5. The lowest BCUT2D eigenvalue weighted by molar-refractivity contribution is -0.126. The van der Waals surface area contributed by atoms with E-state index in [0.29, 0.717) is 12.6 Å². The zero-order valence-corrected chi connectivity index (χ0v) is 11.8. The third kappa shape index (κ3) is 5.07. The van der Waals surface area contributed by atoms with Crippen LogP contribution in [0.2, 0.25) is 0 Å². The highest BCUT2D eigenvalue weighted by Gasteiger charge is 2.28. The molecule has 3 atom stereocenters. The molecule has 0 aromatic carbocycles. The Morgan fingerprint density at radius 3 is 2.47 bits per heavy atom. The van der Waals surface area contributed by atoms with Gasteiger partial charge in [-0.25, -0.2) is 0 Å². The summed E-state index contributed by atoms with van der Waals surface area (Å²) in [5.74, 6) is 0.867. The number of rotatable bonds is 4. The van der Waals surface area contributed by atoms with Gasteiger partial charge in [-0.05, 0) is 37.0 Å². The minimum Gasteiger partial charge on any atom is -0.353 e. The number of hydrogen-bond donors (Lipinski definition) is 2. The Bertz CT molecular complexity index is 257. The van der Waals surface area contributed by atoms with Gasteiger partial charge in [0.15, 0.2) is 0 Å². The first-order valence-corrected chi connectivity index (χ1v) is 6.82. The summed E-state index contributed by atoms with van der Waals surface area (Å²) < 4.78 is 0. The smallest absolute Gasteiger partial charge is 0.224 e. The molecule has 1 saturated carbocycles. The highest BCUT2D eigenvalue weighted by Crippen LogP contribution is 2.27. The Labute approximate surface area is 106 Å². The maximum atomic E-state index is 12.1. The molecule has 3 heteroatoms. The molecule has 100 valence electrons. The summed E-state index contributed by atoms with van der Waals surface area (Å²) in [5.41, 5.74) is 5.88. The van der Waals surface area contributed by atoms with Gasteiger partial charge < -0.3 is 11.1 Å². The van der Waals surface area contributed by atoms with E-state index in [1.807, 2.05) is 0 Å². The van der Waals surface area contributed by atoms with E-state index < -0.39 is 0 Å². The van der Waals surface area contributed by atoms with Crippen molar-refractivity contribution in [1.82, 2.24) is 5.32 Å². The lowest BCUT2D eigenvalue weighted by Gasteiger charge is -2.25. The summed E-state index contributed by atoms with van der Waals surface area (Å²) in [6.07, 6.45) is 4.34. The van der Waals surface area contributed by atoms with Gasteiger partial charge in [0.1, 0.15) is 0 Å². The molecule has 1 amide bonds. The molecule has 0 aromatic heterocycles. The van der Waals surface area contributed by atoms with Crippen molar-refractivity contribution in [2.75, 3.05) is 6.54 Å². The normalized spacial score (nSPS) is 26.9. The van der Waals surface area contributed by atoms with E-state index in [-0.39, 0.29) is 17.2 Å². The Balaban J connectivity index is 2.44. The molecule has 0 heterocycles. The molecule has 3 N–H and O–H groups in total. The number of amides is 1. The van der Waals surface area contributed by atoms with Crippen LogP contribution >= 0.6 is 0 Å². The van der Waals surface area contributed by atoms with E-state index in [4.69, 9.17) is 5.73 Å². The second-order valence-corrected chi connectivity index (χ2v) is 6.82. The van der Waals surface area contributed by atoms with Gasteiger partial charge in [-0.2, -0.15) is 0 Å². The molecule has 3 unspecified atom stereocenters. The standard InChI is InChI=1S/C14H28N2O/c1-10-5-6-12(7-10)16-13(17)11(9-15)8-14(2,3)4/h10-12H,5-9,15H2,1-4H3,(H,16,17). The molecular weight excluding hydrogens is 212 g/mol. The number of nitrogens with one attached hydrogen (secondary N) is 1. The van der Waals surface area contributed by atoms with Crippen molar-refractivity contribution in [3.63, 3.8) is 0 Å². The lowest BCUT2D eigenvalue weighted by Crippen LogP contribution is -2.41. The topological polar surface area (TPSA) is 55.1 Å². The van der Waals surface area contributed by atoms with Gasteiger partial charge in [0.2, 0.25) is 5.91 Å². The van der Waals surface area contributed by atoms with Crippen LogP contribution in [-0.2, 0) is 4.79 Å². The van der Waals surface area contributed by atoms with Crippen LogP contribution in [0, 0.1) is 17.3 Å². The van der Waals surface area contributed by atoms with Crippen molar-refractivity contribution in [3.05, 3.63) is 0 Å². The SMILES string of the molecule is CC1CCC(NC(=O)C(CN)CC(C)(C)C)C1. The van der Waals surface area contributed by atoms with Gasteiger partial charge in [0.05, 0.1) is 5.92 Å². The Kier molecular flexibility index (Phi) is 4.99. The molecule has 1 rings (SSSR count). The zero-order valence-electron chi connectivity index (χ0n) is 11.8. The van der Waals surface area contributed by atoms with Crippen LogP contribution in [0.1, 0.15) is 53.4 Å². The number of carbonyl (C=O) groups is 1. The summed E-state index contributed by atoms with van der Waals surface area (Å²) in [6.45, 7) is 9.16. The van der Waals surface area contributed by atoms with Crippen molar-refractivity contribution in [1.29, 1.82) is 0 Å². The maximum Gasteiger partial charge on any atom is 0.224 e. The molecule has 1 aliphatic rings. The molecule has 0 saturated heterocycles. The van der Waals surface area contributed by atoms with E-state index in [9.17, 15) is 4.79 Å². The van der Waals surface area contributed by atoms with E-state index in [2.05, 4.69) is 33.0 Å². The largest absolute Gasteiger partial charge is 0.353 e. The summed E-state index contributed by atoms with van der Waals surface area (Å²) in [6, 6.07) is 0.381. The lowest BCUT2D eigenvalue weighted by atomic mass is 9.84. The van der Waals surface area contributed by atoms with Crippen molar-refractivity contribution in [2.24, 2.45) is 23.0 Å². The van der Waals surface area contributed by atoms with E-state index in [1.54, 1.807) is 0 Å². The molecule has 1 fully saturated rings.